The molecule has 116 valence electrons. The lowest BCUT2D eigenvalue weighted by molar-refractivity contribution is 0.0643. The summed E-state index contributed by atoms with van der Waals surface area (Å²) in [4.78, 5) is 14.6. The van der Waals surface area contributed by atoms with Crippen molar-refractivity contribution in [2.24, 2.45) is 5.92 Å². The molecule has 2 atom stereocenters. The van der Waals surface area contributed by atoms with Gasteiger partial charge in [-0.25, -0.2) is 0 Å². The summed E-state index contributed by atoms with van der Waals surface area (Å²) in [6.07, 6.45) is 2.16. The van der Waals surface area contributed by atoms with Crippen molar-refractivity contribution in [2.45, 2.75) is 46.6 Å². The third-order valence-electron chi connectivity index (χ3n) is 4.18. The molecule has 0 bridgehead atoms. The van der Waals surface area contributed by atoms with Crippen molar-refractivity contribution in [3.05, 3.63) is 23.0 Å². The highest BCUT2D eigenvalue weighted by Crippen LogP contribution is 2.20. The molecule has 1 aromatic rings. The summed E-state index contributed by atoms with van der Waals surface area (Å²) in [5.74, 6) is 0.566. The van der Waals surface area contributed by atoms with Gasteiger partial charge in [0.15, 0.2) is 0 Å². The molecule has 1 saturated heterocycles. The minimum absolute atomic E-state index is 0.0892. The molecule has 1 aliphatic heterocycles. The second-order valence-corrected chi connectivity index (χ2v) is 6.06. The summed E-state index contributed by atoms with van der Waals surface area (Å²) in [6, 6.07) is 2.36. The van der Waals surface area contributed by atoms with Crippen molar-refractivity contribution in [2.75, 3.05) is 19.6 Å². The Morgan fingerprint density at radius 3 is 2.86 bits per heavy atom. The number of piperidine rings is 1. The van der Waals surface area contributed by atoms with Gasteiger partial charge in [0.1, 0.15) is 0 Å². The molecule has 5 heteroatoms. The summed E-state index contributed by atoms with van der Waals surface area (Å²) >= 11 is 0. The van der Waals surface area contributed by atoms with E-state index in [1.807, 2.05) is 24.8 Å². The van der Waals surface area contributed by atoms with Crippen LogP contribution in [-0.2, 0) is 0 Å². The van der Waals surface area contributed by atoms with Crippen LogP contribution in [0.15, 0.2) is 6.07 Å². The minimum Gasteiger partial charge on any atom is -0.338 e. The van der Waals surface area contributed by atoms with E-state index in [2.05, 4.69) is 29.4 Å². The van der Waals surface area contributed by atoms with Gasteiger partial charge in [-0.1, -0.05) is 13.8 Å². The van der Waals surface area contributed by atoms with E-state index in [1.54, 1.807) is 0 Å². The van der Waals surface area contributed by atoms with Crippen LogP contribution in [0, 0.1) is 19.8 Å². The Kier molecular flexibility index (Phi) is 5.28. The number of rotatable bonds is 4. The molecule has 0 radical (unpaired) electrons. The molecule has 2 rings (SSSR count). The van der Waals surface area contributed by atoms with E-state index in [4.69, 9.17) is 0 Å². The van der Waals surface area contributed by atoms with E-state index < -0.39 is 0 Å². The smallest absolute Gasteiger partial charge is 0.255 e. The molecule has 21 heavy (non-hydrogen) atoms. The van der Waals surface area contributed by atoms with Gasteiger partial charge >= 0.3 is 0 Å². The second-order valence-electron chi connectivity index (χ2n) is 6.06. The summed E-state index contributed by atoms with van der Waals surface area (Å²) in [7, 11) is 0. The summed E-state index contributed by atoms with van der Waals surface area (Å²) in [5.41, 5.74) is 2.19. The highest BCUT2D eigenvalue weighted by molar-refractivity contribution is 5.95. The molecular weight excluding hydrogens is 264 g/mol. The van der Waals surface area contributed by atoms with Crippen LogP contribution in [0.25, 0.3) is 0 Å². The lowest BCUT2D eigenvalue weighted by Gasteiger charge is -2.37. The molecule has 0 aliphatic carbocycles. The van der Waals surface area contributed by atoms with Gasteiger partial charge in [0.25, 0.3) is 5.91 Å². The minimum atomic E-state index is 0.0892. The van der Waals surface area contributed by atoms with Crippen molar-refractivity contribution < 1.29 is 4.79 Å². The van der Waals surface area contributed by atoms with Gasteiger partial charge in [-0.15, -0.1) is 0 Å². The number of nitrogens with zero attached hydrogens (tertiary/aromatic N) is 3. The van der Waals surface area contributed by atoms with Crippen molar-refractivity contribution in [1.82, 2.24) is 20.4 Å². The van der Waals surface area contributed by atoms with Gasteiger partial charge in [0.05, 0.1) is 17.0 Å². The van der Waals surface area contributed by atoms with Gasteiger partial charge in [-0.3, -0.25) is 4.79 Å². The van der Waals surface area contributed by atoms with E-state index in [9.17, 15) is 4.79 Å². The zero-order valence-electron chi connectivity index (χ0n) is 13.5. The van der Waals surface area contributed by atoms with Gasteiger partial charge in [-0.05, 0) is 45.2 Å². The topological polar surface area (TPSA) is 58.1 Å². The maximum Gasteiger partial charge on any atom is 0.255 e. The largest absolute Gasteiger partial charge is 0.338 e. The predicted molar refractivity (Wildman–Crippen MR) is 83.3 cm³/mol. The summed E-state index contributed by atoms with van der Waals surface area (Å²) in [5, 5.41) is 11.6. The van der Waals surface area contributed by atoms with Crippen molar-refractivity contribution in [1.29, 1.82) is 0 Å². The van der Waals surface area contributed by atoms with Crippen LogP contribution in [-0.4, -0.2) is 46.7 Å². The zero-order valence-corrected chi connectivity index (χ0v) is 13.5. The summed E-state index contributed by atoms with van der Waals surface area (Å²) in [6.45, 7) is 10.8. The molecule has 1 fully saturated rings. The van der Waals surface area contributed by atoms with E-state index in [1.165, 1.54) is 0 Å². The van der Waals surface area contributed by atoms with Gasteiger partial charge in [0.2, 0.25) is 0 Å². The number of hydrogen-bond acceptors (Lipinski definition) is 4. The molecular formula is C16H26N4O. The maximum absolute atomic E-state index is 12.7. The average Bonchev–Trinajstić information content (AvgIpc) is 2.47. The number of hydrogen-bond donors (Lipinski definition) is 1. The van der Waals surface area contributed by atoms with Crippen LogP contribution < -0.4 is 5.32 Å². The molecule has 0 spiro atoms. The van der Waals surface area contributed by atoms with E-state index in [0.29, 0.717) is 23.2 Å². The molecule has 2 unspecified atom stereocenters. The number of carbonyl (C=O) groups is 1. The second kappa shape index (κ2) is 6.98. The van der Waals surface area contributed by atoms with Crippen molar-refractivity contribution in [3.8, 4) is 0 Å². The molecule has 1 N–H and O–H groups in total. The zero-order chi connectivity index (χ0) is 15.4. The number of likely N-dealkylation sites (tertiary alicyclic amines) is 1. The van der Waals surface area contributed by atoms with E-state index >= 15 is 0 Å². The SMILES string of the molecule is CCCNC1CCN(C(=O)c2cc(C)nnc2C)CC1C. The lowest BCUT2D eigenvalue weighted by Crippen LogP contribution is -2.50. The monoisotopic (exact) mass is 290 g/mol. The van der Waals surface area contributed by atoms with Crippen molar-refractivity contribution in [3.63, 3.8) is 0 Å². The average molecular weight is 290 g/mol. The number of carbonyl (C=O) groups excluding carboxylic acids is 1. The summed E-state index contributed by atoms with van der Waals surface area (Å²) < 4.78 is 0. The normalized spacial score (nSPS) is 22.4. The number of amides is 1. The Balaban J connectivity index is 2.03. The van der Waals surface area contributed by atoms with Gasteiger partial charge in [0, 0.05) is 19.1 Å². The Bertz CT molecular complexity index is 503. The Labute approximate surface area is 127 Å². The van der Waals surface area contributed by atoms with Crippen LogP contribution in [0.5, 0.6) is 0 Å². The molecule has 2 heterocycles. The van der Waals surface area contributed by atoms with Crippen LogP contribution in [0.1, 0.15) is 48.4 Å². The maximum atomic E-state index is 12.7. The third-order valence-corrected chi connectivity index (χ3v) is 4.18. The number of nitrogens with one attached hydrogen (secondary N) is 1. The fraction of sp³-hybridized carbons (Fsp3) is 0.688. The quantitative estimate of drug-likeness (QED) is 0.920. The standard InChI is InChI=1S/C16H26N4O/c1-5-7-17-15-6-8-20(10-11(15)2)16(21)14-9-12(3)18-19-13(14)4/h9,11,15,17H,5-8,10H2,1-4H3. The third kappa shape index (κ3) is 3.79. The fourth-order valence-electron chi connectivity index (χ4n) is 2.90. The van der Waals surface area contributed by atoms with Crippen LogP contribution in [0.3, 0.4) is 0 Å². The first-order valence-corrected chi connectivity index (χ1v) is 7.86. The first kappa shape index (κ1) is 15.9. The Morgan fingerprint density at radius 2 is 2.19 bits per heavy atom. The van der Waals surface area contributed by atoms with Crippen molar-refractivity contribution >= 4 is 5.91 Å². The molecule has 1 aliphatic rings. The first-order valence-electron chi connectivity index (χ1n) is 7.86. The highest BCUT2D eigenvalue weighted by atomic mass is 16.2. The molecule has 0 aromatic carbocycles. The highest BCUT2D eigenvalue weighted by Gasteiger charge is 2.29. The first-order chi connectivity index (χ1) is 10.0. The van der Waals surface area contributed by atoms with Crippen LogP contribution >= 0.6 is 0 Å². The number of aryl methyl sites for hydroxylation is 2. The van der Waals surface area contributed by atoms with Gasteiger partial charge < -0.3 is 10.2 Å². The lowest BCUT2D eigenvalue weighted by atomic mass is 9.93. The Morgan fingerprint density at radius 1 is 1.43 bits per heavy atom. The molecule has 1 amide bonds. The predicted octanol–water partition coefficient (Wildman–Crippen LogP) is 1.94. The molecule has 1 aromatic heterocycles. The fourth-order valence-corrected chi connectivity index (χ4v) is 2.90. The Hall–Kier alpha value is -1.49. The van der Waals surface area contributed by atoms with Crippen LogP contribution in [0.4, 0.5) is 0 Å². The van der Waals surface area contributed by atoms with Gasteiger partial charge in [-0.2, -0.15) is 10.2 Å². The van der Waals surface area contributed by atoms with E-state index in [0.717, 1.165) is 38.2 Å². The molecule has 5 nitrogen and oxygen atoms in total. The molecule has 0 saturated carbocycles. The van der Waals surface area contributed by atoms with E-state index in [-0.39, 0.29) is 5.91 Å². The number of aromatic nitrogens is 2. The van der Waals surface area contributed by atoms with Crippen LogP contribution in [0.2, 0.25) is 0 Å².